The number of hydrogen-bond donors (Lipinski definition) is 1. The maximum absolute atomic E-state index is 4.50. The Morgan fingerprint density at radius 1 is 1.58 bits per heavy atom. The van der Waals surface area contributed by atoms with Crippen LogP contribution in [-0.2, 0) is 13.0 Å². The first-order chi connectivity index (χ1) is 5.77. The van der Waals surface area contributed by atoms with Crippen LogP contribution in [0.3, 0.4) is 0 Å². The molecular formula is C9H15N3. The van der Waals surface area contributed by atoms with Crippen molar-refractivity contribution in [2.24, 2.45) is 0 Å². The fraction of sp³-hybridized carbons (Fsp3) is 0.667. The second kappa shape index (κ2) is 2.90. The average molecular weight is 165 g/mol. The predicted molar refractivity (Wildman–Crippen MR) is 48.0 cm³/mol. The van der Waals surface area contributed by atoms with E-state index in [1.807, 2.05) is 0 Å². The summed E-state index contributed by atoms with van der Waals surface area (Å²) in [4.78, 5) is 0. The molecule has 3 nitrogen and oxygen atoms in total. The van der Waals surface area contributed by atoms with Gasteiger partial charge in [-0.1, -0.05) is 0 Å². The summed E-state index contributed by atoms with van der Waals surface area (Å²) in [5.74, 6) is 0. The standard InChI is InChI=1S/C9H15N3/c1-7(2)12-6-8-3-4-10-5-9(8)11-12/h6-7,10H,3-5H2,1-2H3. The molecule has 0 saturated carbocycles. The van der Waals surface area contributed by atoms with E-state index >= 15 is 0 Å². The van der Waals surface area contributed by atoms with Gasteiger partial charge in [-0.3, -0.25) is 4.68 Å². The minimum absolute atomic E-state index is 0.482. The van der Waals surface area contributed by atoms with Crippen LogP contribution in [0.5, 0.6) is 0 Å². The van der Waals surface area contributed by atoms with E-state index in [9.17, 15) is 0 Å². The zero-order valence-corrected chi connectivity index (χ0v) is 7.67. The minimum Gasteiger partial charge on any atom is -0.311 e. The van der Waals surface area contributed by atoms with Crippen LogP contribution in [0.4, 0.5) is 0 Å². The van der Waals surface area contributed by atoms with Gasteiger partial charge < -0.3 is 5.32 Å². The molecule has 0 atom stereocenters. The van der Waals surface area contributed by atoms with Crippen molar-refractivity contribution in [1.82, 2.24) is 15.1 Å². The molecule has 2 heterocycles. The van der Waals surface area contributed by atoms with Crippen molar-refractivity contribution in [3.63, 3.8) is 0 Å². The lowest BCUT2D eigenvalue weighted by atomic mass is 10.1. The first kappa shape index (κ1) is 7.80. The van der Waals surface area contributed by atoms with Gasteiger partial charge in [0.05, 0.1) is 5.69 Å². The minimum atomic E-state index is 0.482. The Labute approximate surface area is 72.8 Å². The molecule has 3 heteroatoms. The van der Waals surface area contributed by atoms with Crippen LogP contribution < -0.4 is 5.32 Å². The highest BCUT2D eigenvalue weighted by Gasteiger charge is 2.13. The van der Waals surface area contributed by atoms with Gasteiger partial charge in [0.25, 0.3) is 0 Å². The molecule has 12 heavy (non-hydrogen) atoms. The van der Waals surface area contributed by atoms with Crippen LogP contribution in [0.15, 0.2) is 6.20 Å². The summed E-state index contributed by atoms with van der Waals surface area (Å²) in [7, 11) is 0. The lowest BCUT2D eigenvalue weighted by molar-refractivity contribution is 0.522. The number of fused-ring (bicyclic) bond motifs is 1. The zero-order valence-electron chi connectivity index (χ0n) is 7.67. The highest BCUT2D eigenvalue weighted by Crippen LogP contribution is 2.14. The van der Waals surface area contributed by atoms with Crippen LogP contribution in [0.1, 0.15) is 31.1 Å². The largest absolute Gasteiger partial charge is 0.311 e. The van der Waals surface area contributed by atoms with Crippen molar-refractivity contribution in [3.05, 3.63) is 17.5 Å². The molecule has 66 valence electrons. The molecule has 0 unspecified atom stereocenters. The first-order valence-electron chi connectivity index (χ1n) is 4.55. The third-order valence-electron chi connectivity index (χ3n) is 2.29. The molecular weight excluding hydrogens is 150 g/mol. The molecule has 0 fully saturated rings. The molecule has 2 rings (SSSR count). The molecule has 1 aromatic rings. The topological polar surface area (TPSA) is 29.9 Å². The van der Waals surface area contributed by atoms with Gasteiger partial charge in [0.2, 0.25) is 0 Å². The summed E-state index contributed by atoms with van der Waals surface area (Å²) < 4.78 is 2.05. The zero-order chi connectivity index (χ0) is 8.55. The van der Waals surface area contributed by atoms with E-state index in [2.05, 4.69) is 35.1 Å². The Balaban J connectivity index is 2.32. The maximum Gasteiger partial charge on any atom is 0.0794 e. The quantitative estimate of drug-likeness (QED) is 0.675. The van der Waals surface area contributed by atoms with Crippen LogP contribution in [0.2, 0.25) is 0 Å². The smallest absolute Gasteiger partial charge is 0.0794 e. The number of nitrogens with zero attached hydrogens (tertiary/aromatic N) is 2. The number of hydrogen-bond acceptors (Lipinski definition) is 2. The summed E-state index contributed by atoms with van der Waals surface area (Å²) in [6.07, 6.45) is 3.31. The highest BCUT2D eigenvalue weighted by molar-refractivity contribution is 5.19. The Hall–Kier alpha value is -0.830. The van der Waals surface area contributed by atoms with Crippen molar-refractivity contribution < 1.29 is 0 Å². The second-order valence-electron chi connectivity index (χ2n) is 3.60. The molecule has 0 aliphatic carbocycles. The van der Waals surface area contributed by atoms with E-state index < -0.39 is 0 Å². The van der Waals surface area contributed by atoms with E-state index in [1.54, 1.807) is 0 Å². The van der Waals surface area contributed by atoms with Crippen LogP contribution >= 0.6 is 0 Å². The Kier molecular flexibility index (Phi) is 1.89. The van der Waals surface area contributed by atoms with Gasteiger partial charge in [-0.25, -0.2) is 0 Å². The number of nitrogens with one attached hydrogen (secondary N) is 1. The summed E-state index contributed by atoms with van der Waals surface area (Å²) in [6, 6.07) is 0.482. The normalized spacial score (nSPS) is 16.6. The third kappa shape index (κ3) is 1.25. The van der Waals surface area contributed by atoms with E-state index in [-0.39, 0.29) is 0 Å². The molecule has 1 aromatic heterocycles. The lowest BCUT2D eigenvalue weighted by Crippen LogP contribution is -2.22. The van der Waals surface area contributed by atoms with E-state index in [1.165, 1.54) is 11.3 Å². The third-order valence-corrected chi connectivity index (χ3v) is 2.29. The molecule has 1 N–H and O–H groups in total. The Bertz CT molecular complexity index is 252. The molecule has 0 saturated heterocycles. The van der Waals surface area contributed by atoms with Gasteiger partial charge in [-0.05, 0) is 32.4 Å². The Morgan fingerprint density at radius 2 is 2.42 bits per heavy atom. The van der Waals surface area contributed by atoms with Gasteiger partial charge in [0.15, 0.2) is 0 Å². The van der Waals surface area contributed by atoms with Crippen molar-refractivity contribution in [2.75, 3.05) is 6.54 Å². The molecule has 0 radical (unpaired) electrons. The summed E-state index contributed by atoms with van der Waals surface area (Å²) >= 11 is 0. The molecule has 1 aliphatic heterocycles. The van der Waals surface area contributed by atoms with E-state index in [4.69, 9.17) is 0 Å². The fourth-order valence-electron chi connectivity index (χ4n) is 1.52. The molecule has 1 aliphatic rings. The van der Waals surface area contributed by atoms with Crippen molar-refractivity contribution in [3.8, 4) is 0 Å². The van der Waals surface area contributed by atoms with E-state index in [0.717, 1.165) is 19.5 Å². The van der Waals surface area contributed by atoms with Gasteiger partial charge in [0, 0.05) is 18.8 Å². The Morgan fingerprint density at radius 3 is 3.08 bits per heavy atom. The highest BCUT2D eigenvalue weighted by atomic mass is 15.3. The van der Waals surface area contributed by atoms with Crippen LogP contribution in [0.25, 0.3) is 0 Å². The lowest BCUT2D eigenvalue weighted by Gasteiger charge is -2.09. The molecule has 0 bridgehead atoms. The fourth-order valence-corrected chi connectivity index (χ4v) is 1.52. The van der Waals surface area contributed by atoms with Gasteiger partial charge in [-0.15, -0.1) is 0 Å². The SMILES string of the molecule is CC(C)n1cc2c(n1)CNCC2. The van der Waals surface area contributed by atoms with Crippen molar-refractivity contribution in [2.45, 2.75) is 32.9 Å². The van der Waals surface area contributed by atoms with Crippen molar-refractivity contribution >= 4 is 0 Å². The summed E-state index contributed by atoms with van der Waals surface area (Å²) in [6.45, 7) is 6.35. The maximum atomic E-state index is 4.50. The monoisotopic (exact) mass is 165 g/mol. The van der Waals surface area contributed by atoms with Gasteiger partial charge in [0.1, 0.15) is 0 Å². The van der Waals surface area contributed by atoms with E-state index in [0.29, 0.717) is 6.04 Å². The average Bonchev–Trinajstić information content (AvgIpc) is 2.46. The summed E-state index contributed by atoms with van der Waals surface area (Å²) in [5.41, 5.74) is 2.65. The van der Waals surface area contributed by atoms with Crippen LogP contribution in [0, 0.1) is 0 Å². The number of aromatic nitrogens is 2. The second-order valence-corrected chi connectivity index (χ2v) is 3.60. The molecule has 0 aromatic carbocycles. The number of rotatable bonds is 1. The predicted octanol–water partition coefficient (Wildman–Crippen LogP) is 1.11. The van der Waals surface area contributed by atoms with Gasteiger partial charge >= 0.3 is 0 Å². The molecule has 0 spiro atoms. The first-order valence-corrected chi connectivity index (χ1v) is 4.55. The summed E-state index contributed by atoms with van der Waals surface area (Å²) in [5, 5.41) is 7.82. The van der Waals surface area contributed by atoms with Crippen molar-refractivity contribution in [1.29, 1.82) is 0 Å². The van der Waals surface area contributed by atoms with Gasteiger partial charge in [-0.2, -0.15) is 5.10 Å². The molecule has 0 amide bonds. The van der Waals surface area contributed by atoms with Crippen LogP contribution in [-0.4, -0.2) is 16.3 Å².